The highest BCUT2D eigenvalue weighted by molar-refractivity contribution is 8.01. The SMILES string of the molecule is NC(C(=O)NC1C(=O)N2C(C(=O)O)=C(CSc3n[nH]c(CC(=O)O)n3)CS[C@@H]12)c1ccc(NC=O)cc1. The Labute approximate surface area is 217 Å². The van der Waals surface area contributed by atoms with Crippen LogP contribution in [-0.2, 0) is 30.4 Å². The van der Waals surface area contributed by atoms with Gasteiger partial charge in [-0.3, -0.25) is 29.2 Å². The first-order valence-corrected chi connectivity index (χ1v) is 12.7. The van der Waals surface area contributed by atoms with Crippen LogP contribution in [0.3, 0.4) is 0 Å². The number of hydrogen-bond donors (Lipinski definition) is 6. The molecule has 1 aromatic carbocycles. The van der Waals surface area contributed by atoms with Crippen LogP contribution in [0.15, 0.2) is 40.7 Å². The van der Waals surface area contributed by atoms with Crippen molar-refractivity contribution in [1.29, 1.82) is 0 Å². The number of nitrogens with one attached hydrogen (secondary N) is 3. The number of carboxylic acids is 2. The zero-order valence-corrected chi connectivity index (χ0v) is 20.5. The predicted molar refractivity (Wildman–Crippen MR) is 131 cm³/mol. The van der Waals surface area contributed by atoms with Crippen molar-refractivity contribution in [2.75, 3.05) is 16.8 Å². The number of aliphatic carboxylic acids is 2. The molecule has 3 heterocycles. The van der Waals surface area contributed by atoms with Gasteiger partial charge in [0.15, 0.2) is 0 Å². The van der Waals surface area contributed by atoms with E-state index in [-0.39, 0.29) is 28.9 Å². The number of carboxylic acid groups (broad SMARTS) is 2. The monoisotopic (exact) mass is 547 g/mol. The normalized spacial score (nSPS) is 19.5. The molecule has 2 unspecified atom stereocenters. The fourth-order valence-electron chi connectivity index (χ4n) is 3.76. The lowest BCUT2D eigenvalue weighted by molar-refractivity contribution is -0.150. The van der Waals surface area contributed by atoms with Gasteiger partial charge in [-0.25, -0.2) is 9.78 Å². The minimum absolute atomic E-state index is 0.157. The maximum atomic E-state index is 12.9. The fourth-order valence-corrected chi connectivity index (χ4v) is 6.06. The van der Waals surface area contributed by atoms with Crippen LogP contribution < -0.4 is 16.4 Å². The van der Waals surface area contributed by atoms with Gasteiger partial charge < -0.3 is 26.6 Å². The number of aromatic amines is 1. The second kappa shape index (κ2) is 11.0. The Morgan fingerprint density at radius 3 is 2.68 bits per heavy atom. The Balaban J connectivity index is 1.40. The van der Waals surface area contributed by atoms with Crippen molar-refractivity contribution in [1.82, 2.24) is 25.4 Å². The standard InChI is InChI=1S/C21H21N7O7S2/c22-14(9-1-3-11(4-2-9)23-8-29)17(32)25-15-18(33)28-16(20(34)35)10(6-36-19(15)28)7-37-21-24-12(26-27-21)5-13(30)31/h1-4,8,14-15,19H,5-7,22H2,(H,23,29)(H,25,32)(H,30,31)(H,34,35)(H,24,26,27)/t14?,15?,19-/m0/s1. The number of nitrogens with two attached hydrogens (primary N) is 1. The molecular formula is C21H21N7O7S2. The molecule has 194 valence electrons. The Bertz CT molecular complexity index is 1280. The summed E-state index contributed by atoms with van der Waals surface area (Å²) in [4.78, 5) is 64.1. The minimum atomic E-state index is -1.28. The largest absolute Gasteiger partial charge is 0.481 e. The number of nitrogens with zero attached hydrogens (tertiary/aromatic N) is 3. The van der Waals surface area contributed by atoms with Crippen LogP contribution in [0.5, 0.6) is 0 Å². The van der Waals surface area contributed by atoms with Crippen molar-refractivity contribution < 1.29 is 34.2 Å². The highest BCUT2D eigenvalue weighted by Crippen LogP contribution is 2.41. The molecule has 0 saturated carbocycles. The zero-order valence-electron chi connectivity index (χ0n) is 18.9. The number of thioether (sulfide) groups is 2. The summed E-state index contributed by atoms with van der Waals surface area (Å²) < 4.78 is 0. The number of fused-ring (bicyclic) bond motifs is 1. The first-order valence-electron chi connectivity index (χ1n) is 10.7. The van der Waals surface area contributed by atoms with Crippen LogP contribution in [-0.4, -0.2) is 83.4 Å². The summed E-state index contributed by atoms with van der Waals surface area (Å²) in [6, 6.07) is 4.31. The highest BCUT2D eigenvalue weighted by atomic mass is 32.2. The number of amides is 3. The van der Waals surface area contributed by atoms with E-state index in [1.807, 2.05) is 0 Å². The average molecular weight is 548 g/mol. The van der Waals surface area contributed by atoms with Crippen LogP contribution in [0.2, 0.25) is 0 Å². The summed E-state index contributed by atoms with van der Waals surface area (Å²) in [6.45, 7) is 0. The van der Waals surface area contributed by atoms with Gasteiger partial charge in [-0.2, -0.15) is 0 Å². The molecule has 2 aliphatic heterocycles. The van der Waals surface area contributed by atoms with E-state index in [2.05, 4.69) is 25.8 Å². The second-order valence-electron chi connectivity index (χ2n) is 7.94. The maximum Gasteiger partial charge on any atom is 0.352 e. The molecule has 2 aliphatic rings. The molecule has 7 N–H and O–H groups in total. The van der Waals surface area contributed by atoms with Crippen LogP contribution in [0, 0.1) is 0 Å². The molecule has 1 fully saturated rings. The van der Waals surface area contributed by atoms with Crippen molar-refractivity contribution in [3.63, 3.8) is 0 Å². The quantitative estimate of drug-likeness (QED) is 0.119. The molecule has 3 atom stereocenters. The van der Waals surface area contributed by atoms with E-state index in [0.29, 0.717) is 29.0 Å². The molecule has 14 nitrogen and oxygen atoms in total. The zero-order chi connectivity index (χ0) is 26.7. The minimum Gasteiger partial charge on any atom is -0.481 e. The van der Waals surface area contributed by atoms with Crippen LogP contribution in [0.4, 0.5) is 5.69 Å². The lowest BCUT2D eigenvalue weighted by Gasteiger charge is -2.49. The third-order valence-corrected chi connectivity index (χ3v) is 7.80. The molecule has 4 rings (SSSR count). The van der Waals surface area contributed by atoms with Gasteiger partial charge in [-0.15, -0.1) is 16.9 Å². The molecule has 2 aromatic rings. The summed E-state index contributed by atoms with van der Waals surface area (Å²) in [5, 5.41) is 29.8. The van der Waals surface area contributed by atoms with Gasteiger partial charge in [0, 0.05) is 17.2 Å². The summed E-state index contributed by atoms with van der Waals surface area (Å²) >= 11 is 2.42. The number of β-lactam (4-membered cyclic amide) rings is 1. The van der Waals surface area contributed by atoms with Gasteiger partial charge in [0.05, 0.1) is 0 Å². The fraction of sp³-hybridized carbons (Fsp3) is 0.286. The lowest BCUT2D eigenvalue weighted by atomic mass is 10.0. The third kappa shape index (κ3) is 5.60. The summed E-state index contributed by atoms with van der Waals surface area (Å²) in [7, 11) is 0. The number of anilines is 1. The van der Waals surface area contributed by atoms with E-state index in [4.69, 9.17) is 10.8 Å². The van der Waals surface area contributed by atoms with E-state index < -0.39 is 41.2 Å². The first-order chi connectivity index (χ1) is 17.7. The summed E-state index contributed by atoms with van der Waals surface area (Å²) in [5.41, 5.74) is 7.35. The third-order valence-electron chi connectivity index (χ3n) is 5.53. The van der Waals surface area contributed by atoms with Gasteiger partial charge >= 0.3 is 11.9 Å². The predicted octanol–water partition coefficient (Wildman–Crippen LogP) is -0.469. The van der Waals surface area contributed by atoms with Gasteiger partial charge in [0.1, 0.15) is 35.4 Å². The van der Waals surface area contributed by atoms with Gasteiger partial charge in [-0.1, -0.05) is 23.9 Å². The molecule has 37 heavy (non-hydrogen) atoms. The van der Waals surface area contributed by atoms with Gasteiger partial charge in [0.25, 0.3) is 5.91 Å². The van der Waals surface area contributed by atoms with E-state index in [1.165, 1.54) is 11.8 Å². The number of carbonyl (C=O) groups is 5. The molecule has 1 aromatic heterocycles. The van der Waals surface area contributed by atoms with Crippen LogP contribution in [0.1, 0.15) is 17.4 Å². The Kier molecular flexibility index (Phi) is 7.80. The van der Waals surface area contributed by atoms with E-state index in [1.54, 1.807) is 24.3 Å². The molecule has 3 amide bonds. The van der Waals surface area contributed by atoms with Gasteiger partial charge in [0.2, 0.25) is 17.5 Å². The molecule has 0 bridgehead atoms. The summed E-state index contributed by atoms with van der Waals surface area (Å²) in [5.74, 6) is -2.87. The Morgan fingerprint density at radius 2 is 2.03 bits per heavy atom. The van der Waals surface area contributed by atoms with E-state index in [9.17, 15) is 29.1 Å². The molecule has 1 saturated heterocycles. The number of hydrogen-bond acceptors (Lipinski definition) is 10. The molecule has 0 radical (unpaired) electrons. The van der Waals surface area contributed by atoms with Crippen LogP contribution >= 0.6 is 23.5 Å². The smallest absolute Gasteiger partial charge is 0.352 e. The number of rotatable bonds is 11. The number of H-pyrrole nitrogens is 1. The van der Waals surface area contributed by atoms with Crippen molar-refractivity contribution in [3.05, 3.63) is 46.9 Å². The first kappa shape index (κ1) is 26.2. The number of aromatic nitrogens is 3. The van der Waals surface area contributed by atoms with Gasteiger partial charge in [-0.05, 0) is 23.3 Å². The topological polar surface area (TPSA) is 221 Å². The second-order valence-corrected chi connectivity index (χ2v) is 9.99. The van der Waals surface area contributed by atoms with E-state index in [0.717, 1.165) is 16.7 Å². The Morgan fingerprint density at radius 1 is 1.30 bits per heavy atom. The van der Waals surface area contributed by atoms with E-state index >= 15 is 0 Å². The van der Waals surface area contributed by atoms with Crippen molar-refractivity contribution in [3.8, 4) is 0 Å². The van der Waals surface area contributed by atoms with Crippen molar-refractivity contribution in [2.24, 2.45) is 5.73 Å². The highest BCUT2D eigenvalue weighted by Gasteiger charge is 2.54. The molecule has 16 heteroatoms. The molecular weight excluding hydrogens is 526 g/mol. The molecule has 0 spiro atoms. The Hall–Kier alpha value is -3.89. The van der Waals surface area contributed by atoms with Crippen molar-refractivity contribution in [2.45, 2.75) is 29.0 Å². The lowest BCUT2D eigenvalue weighted by Crippen LogP contribution is -2.71. The number of benzene rings is 1. The number of carbonyl (C=O) groups excluding carboxylic acids is 3. The van der Waals surface area contributed by atoms with Crippen molar-refractivity contribution >= 4 is 59.4 Å². The molecule has 0 aliphatic carbocycles. The van der Waals surface area contributed by atoms with Crippen LogP contribution in [0.25, 0.3) is 0 Å². The maximum absolute atomic E-state index is 12.9. The average Bonchev–Trinajstić information content (AvgIpc) is 3.31. The summed E-state index contributed by atoms with van der Waals surface area (Å²) in [6.07, 6.45) is 0.198.